The fraction of sp³-hybridized carbons (Fsp3) is 0.286. The Balaban J connectivity index is 0.000000223. The lowest BCUT2D eigenvalue weighted by Crippen LogP contribution is -2.31. The molecule has 74 valence electrons. The molecule has 0 aliphatic heterocycles. The number of hydrogen-bond donors (Lipinski definition) is 4. The number of hydrogen-bond acceptors (Lipinski definition) is 5. The largest absolute Gasteiger partial charge is 0.481 e. The van der Waals surface area contributed by atoms with Crippen molar-refractivity contribution < 1.29 is 19.4 Å². The Morgan fingerprint density at radius 3 is 2.46 bits per heavy atom. The number of thiol groups is 1. The summed E-state index contributed by atoms with van der Waals surface area (Å²) in [5, 5.41) is 16.3. The third kappa shape index (κ3) is 6.06. The molecule has 1 unspecified atom stereocenters. The van der Waals surface area contributed by atoms with Gasteiger partial charge in [-0.1, -0.05) is 0 Å². The van der Waals surface area contributed by atoms with E-state index in [0.29, 0.717) is 0 Å². The summed E-state index contributed by atoms with van der Waals surface area (Å²) in [6, 6.07) is 2.28. The van der Waals surface area contributed by atoms with Crippen molar-refractivity contribution in [1.29, 1.82) is 0 Å². The second kappa shape index (κ2) is 6.38. The van der Waals surface area contributed by atoms with Gasteiger partial charge in [-0.3, -0.25) is 4.79 Å². The van der Waals surface area contributed by atoms with Gasteiger partial charge < -0.3 is 20.4 Å². The summed E-state index contributed by atoms with van der Waals surface area (Å²) < 4.78 is 4.39. The van der Waals surface area contributed by atoms with Crippen molar-refractivity contribution in [1.82, 2.24) is 0 Å². The minimum atomic E-state index is -1.00. The molecule has 5 nitrogen and oxygen atoms in total. The number of carboxylic acids is 1. The van der Waals surface area contributed by atoms with Crippen molar-refractivity contribution >= 4 is 18.6 Å². The van der Waals surface area contributed by atoms with E-state index in [9.17, 15) is 4.79 Å². The number of carboxylic acid groups (broad SMARTS) is 1. The summed E-state index contributed by atoms with van der Waals surface area (Å²) in [6.45, 7) is 0. The van der Waals surface area contributed by atoms with Gasteiger partial charge in [0.25, 0.3) is 5.95 Å². The van der Waals surface area contributed by atoms with Gasteiger partial charge in [-0.25, -0.2) is 0 Å². The number of furan rings is 1. The Hall–Kier alpha value is -1.14. The van der Waals surface area contributed by atoms with E-state index in [1.807, 2.05) is 0 Å². The predicted octanol–water partition coefficient (Wildman–Crippen LogP) is 0.313. The van der Waals surface area contributed by atoms with Crippen molar-refractivity contribution in [3.63, 3.8) is 0 Å². The molecule has 13 heavy (non-hydrogen) atoms. The van der Waals surface area contributed by atoms with Crippen molar-refractivity contribution in [2.24, 2.45) is 5.73 Å². The van der Waals surface area contributed by atoms with Gasteiger partial charge in [0.15, 0.2) is 0 Å². The highest BCUT2D eigenvalue weighted by Gasteiger charge is 2.06. The van der Waals surface area contributed by atoms with Gasteiger partial charge in [-0.2, -0.15) is 12.6 Å². The molecular weight excluding hydrogens is 194 g/mol. The van der Waals surface area contributed by atoms with E-state index in [4.69, 9.17) is 15.9 Å². The molecule has 0 bridgehead atoms. The summed E-state index contributed by atoms with van der Waals surface area (Å²) in [6.07, 6.45) is 1.41. The summed E-state index contributed by atoms with van der Waals surface area (Å²) in [4.78, 5) is 9.76. The van der Waals surface area contributed by atoms with E-state index in [2.05, 4.69) is 17.0 Å². The van der Waals surface area contributed by atoms with Crippen LogP contribution >= 0.6 is 12.6 Å². The van der Waals surface area contributed by atoms with Gasteiger partial charge in [-0.15, -0.1) is 0 Å². The van der Waals surface area contributed by atoms with Crippen LogP contribution in [0.1, 0.15) is 0 Å². The van der Waals surface area contributed by atoms with Crippen LogP contribution in [0, 0.1) is 0 Å². The smallest absolute Gasteiger partial charge is 0.321 e. The van der Waals surface area contributed by atoms with E-state index in [-0.39, 0.29) is 11.7 Å². The summed E-state index contributed by atoms with van der Waals surface area (Å²) >= 11 is 3.65. The third-order valence-corrected chi connectivity index (χ3v) is 1.41. The Labute approximate surface area is 80.6 Å². The van der Waals surface area contributed by atoms with Crippen molar-refractivity contribution in [2.75, 3.05) is 5.75 Å². The highest BCUT2D eigenvalue weighted by atomic mass is 32.1. The average molecular weight is 205 g/mol. The molecule has 1 rings (SSSR count). The molecule has 0 aliphatic carbocycles. The molecule has 1 aromatic heterocycles. The molecule has 1 atom stereocenters. The topological polar surface area (TPSA) is 96.7 Å². The SMILES string of the molecule is NC(CS)C(=O)O.Oc1ccco1. The molecule has 0 fully saturated rings. The molecular formula is C7H11NO4S. The van der Waals surface area contributed by atoms with E-state index in [1.165, 1.54) is 12.3 Å². The molecule has 0 saturated heterocycles. The van der Waals surface area contributed by atoms with Gasteiger partial charge >= 0.3 is 5.97 Å². The van der Waals surface area contributed by atoms with Crippen LogP contribution in [-0.2, 0) is 4.79 Å². The first-order valence-corrected chi connectivity index (χ1v) is 4.03. The maximum atomic E-state index is 9.76. The lowest BCUT2D eigenvalue weighted by atomic mass is 10.4. The van der Waals surface area contributed by atoms with E-state index in [0.717, 1.165) is 0 Å². The van der Waals surface area contributed by atoms with E-state index in [1.54, 1.807) is 6.07 Å². The van der Waals surface area contributed by atoms with Crippen LogP contribution in [0.2, 0.25) is 0 Å². The second-order valence-corrected chi connectivity index (χ2v) is 2.44. The molecule has 0 radical (unpaired) electrons. The van der Waals surface area contributed by atoms with Gasteiger partial charge in [0.2, 0.25) is 0 Å². The van der Waals surface area contributed by atoms with Crippen molar-refractivity contribution in [2.45, 2.75) is 6.04 Å². The van der Waals surface area contributed by atoms with Crippen LogP contribution in [0.25, 0.3) is 0 Å². The van der Waals surface area contributed by atoms with Crippen LogP contribution in [0.5, 0.6) is 5.95 Å². The molecule has 0 aliphatic rings. The van der Waals surface area contributed by atoms with Crippen molar-refractivity contribution in [3.8, 4) is 5.95 Å². The van der Waals surface area contributed by atoms with Crippen LogP contribution < -0.4 is 5.73 Å². The molecule has 0 aromatic carbocycles. The molecule has 0 amide bonds. The van der Waals surface area contributed by atoms with Gasteiger partial charge in [-0.05, 0) is 6.07 Å². The first-order chi connectivity index (χ1) is 6.07. The molecule has 4 N–H and O–H groups in total. The predicted molar refractivity (Wildman–Crippen MR) is 49.8 cm³/mol. The minimum Gasteiger partial charge on any atom is -0.481 e. The van der Waals surface area contributed by atoms with Gasteiger partial charge in [0.1, 0.15) is 6.04 Å². The monoisotopic (exact) mass is 205 g/mol. The maximum Gasteiger partial charge on any atom is 0.321 e. The fourth-order valence-corrected chi connectivity index (χ4v) is 0.504. The number of aromatic hydroxyl groups is 1. The molecule has 0 spiro atoms. The summed E-state index contributed by atoms with van der Waals surface area (Å²) in [5.74, 6) is -0.847. The lowest BCUT2D eigenvalue weighted by Gasteiger charge is -1.96. The Morgan fingerprint density at radius 1 is 1.77 bits per heavy atom. The number of aliphatic carboxylic acids is 1. The molecule has 1 heterocycles. The summed E-state index contributed by atoms with van der Waals surface area (Å²) in [5.41, 5.74) is 4.94. The standard InChI is InChI=1S/C4H4O2.C3H7NO2S/c5-4-2-1-3-6-4;4-2(1-7)3(5)6/h1-3,5H;2,7H,1,4H2,(H,5,6). The number of rotatable bonds is 2. The number of nitrogens with two attached hydrogens (primary N) is 1. The average Bonchev–Trinajstić information content (AvgIpc) is 2.55. The number of carbonyl (C=O) groups is 1. The molecule has 0 saturated carbocycles. The van der Waals surface area contributed by atoms with Gasteiger partial charge in [0, 0.05) is 11.8 Å². The van der Waals surface area contributed by atoms with E-state index >= 15 is 0 Å². The fourth-order valence-electron chi connectivity index (χ4n) is 0.348. The Kier molecular flexibility index (Phi) is 5.82. The zero-order valence-corrected chi connectivity index (χ0v) is 7.65. The molecule has 1 aromatic rings. The van der Waals surface area contributed by atoms with E-state index < -0.39 is 12.0 Å². The quantitative estimate of drug-likeness (QED) is 0.521. The first-order valence-electron chi connectivity index (χ1n) is 3.39. The zero-order chi connectivity index (χ0) is 10.3. The minimum absolute atomic E-state index is 0.0324. The molecule has 6 heteroatoms. The first kappa shape index (κ1) is 11.9. The maximum absolute atomic E-state index is 9.76. The Bertz CT molecular complexity index is 237. The third-order valence-electron chi connectivity index (χ3n) is 1.02. The van der Waals surface area contributed by atoms with Crippen LogP contribution in [0.15, 0.2) is 22.8 Å². The second-order valence-electron chi connectivity index (χ2n) is 2.08. The summed E-state index contributed by atoms with van der Waals surface area (Å²) in [7, 11) is 0. The zero-order valence-electron chi connectivity index (χ0n) is 6.75. The van der Waals surface area contributed by atoms with Crippen LogP contribution in [0.4, 0.5) is 0 Å². The Morgan fingerprint density at radius 2 is 2.38 bits per heavy atom. The van der Waals surface area contributed by atoms with Crippen molar-refractivity contribution in [3.05, 3.63) is 18.4 Å². The van der Waals surface area contributed by atoms with Crippen LogP contribution in [0.3, 0.4) is 0 Å². The van der Waals surface area contributed by atoms with Gasteiger partial charge in [0.05, 0.1) is 6.26 Å². The highest BCUT2D eigenvalue weighted by molar-refractivity contribution is 7.80. The normalized spacial score (nSPS) is 11.2. The highest BCUT2D eigenvalue weighted by Crippen LogP contribution is 2.04. The van der Waals surface area contributed by atoms with Crippen LogP contribution in [-0.4, -0.2) is 28.0 Å². The lowest BCUT2D eigenvalue weighted by molar-refractivity contribution is -0.137.